The first-order valence-electron chi connectivity index (χ1n) is 10.4. The number of carbonyl (C=O) groups is 1. The summed E-state index contributed by atoms with van der Waals surface area (Å²) in [4.78, 5) is 27.5. The van der Waals surface area contributed by atoms with Crippen LogP contribution >= 0.6 is 0 Å². The molecule has 1 aliphatic heterocycles. The molecule has 0 saturated carbocycles. The van der Waals surface area contributed by atoms with E-state index in [0.717, 1.165) is 34.0 Å². The highest BCUT2D eigenvalue weighted by molar-refractivity contribution is 5.92. The number of aromatic nitrogens is 3. The predicted octanol–water partition coefficient (Wildman–Crippen LogP) is 3.00. The van der Waals surface area contributed by atoms with Crippen LogP contribution in [-0.2, 0) is 11.2 Å². The summed E-state index contributed by atoms with van der Waals surface area (Å²) < 4.78 is 16.7. The second kappa shape index (κ2) is 9.74. The fourth-order valence-corrected chi connectivity index (χ4v) is 3.65. The third kappa shape index (κ3) is 4.86. The van der Waals surface area contributed by atoms with Gasteiger partial charge >= 0.3 is 0 Å². The van der Waals surface area contributed by atoms with Crippen molar-refractivity contribution in [3.63, 3.8) is 0 Å². The van der Waals surface area contributed by atoms with Crippen molar-refractivity contribution in [2.24, 2.45) is 0 Å². The Balaban J connectivity index is 1.45. The Labute approximate surface area is 187 Å². The van der Waals surface area contributed by atoms with Gasteiger partial charge in [-0.1, -0.05) is 6.07 Å². The van der Waals surface area contributed by atoms with Crippen LogP contribution in [0.1, 0.15) is 39.1 Å². The third-order valence-corrected chi connectivity index (χ3v) is 5.41. The largest absolute Gasteiger partial charge is 0.497 e. The van der Waals surface area contributed by atoms with Crippen LogP contribution in [0.3, 0.4) is 0 Å². The molecule has 4 rings (SSSR count). The zero-order valence-corrected chi connectivity index (χ0v) is 18.4. The lowest BCUT2D eigenvalue weighted by Gasteiger charge is -2.32. The molecule has 1 aliphatic rings. The van der Waals surface area contributed by atoms with Gasteiger partial charge in [-0.3, -0.25) is 14.8 Å². The normalized spacial score (nSPS) is 16.0. The molecule has 2 aromatic heterocycles. The number of rotatable bonds is 6. The second-order valence-corrected chi connectivity index (χ2v) is 7.60. The minimum atomic E-state index is -0.286. The molecule has 1 fully saturated rings. The Morgan fingerprint density at radius 2 is 1.97 bits per heavy atom. The summed E-state index contributed by atoms with van der Waals surface area (Å²) in [5.74, 6) is 1.44. The molecule has 0 unspecified atom stereocenters. The first-order valence-corrected chi connectivity index (χ1v) is 10.4. The van der Waals surface area contributed by atoms with E-state index >= 15 is 0 Å². The van der Waals surface area contributed by atoms with Crippen molar-refractivity contribution in [1.82, 2.24) is 19.9 Å². The quantitative estimate of drug-likeness (QED) is 0.589. The maximum absolute atomic E-state index is 12.8. The van der Waals surface area contributed by atoms with Gasteiger partial charge in [0.15, 0.2) is 0 Å². The Bertz CT molecular complexity index is 1070. The number of pyridine rings is 1. The smallest absolute Gasteiger partial charge is 0.274 e. The topological polar surface area (TPSA) is 86.7 Å². The zero-order valence-electron chi connectivity index (χ0n) is 18.4. The number of amides is 1. The predicted molar refractivity (Wildman–Crippen MR) is 118 cm³/mol. The van der Waals surface area contributed by atoms with E-state index in [1.54, 1.807) is 25.3 Å². The van der Waals surface area contributed by atoms with Crippen molar-refractivity contribution in [3.8, 4) is 11.5 Å². The van der Waals surface area contributed by atoms with Crippen molar-refractivity contribution in [3.05, 3.63) is 77.1 Å². The van der Waals surface area contributed by atoms with E-state index in [-0.39, 0.29) is 12.0 Å². The minimum absolute atomic E-state index is 0.146. The van der Waals surface area contributed by atoms with Gasteiger partial charge in [0, 0.05) is 30.9 Å². The fourth-order valence-electron chi connectivity index (χ4n) is 3.65. The summed E-state index contributed by atoms with van der Waals surface area (Å²) in [5.41, 5.74) is 3.97. The molecule has 0 bridgehead atoms. The number of aryl methyl sites for hydroxylation is 1. The Hall–Kier alpha value is -3.52. The molecule has 1 atom stereocenters. The molecule has 1 amide bonds. The zero-order chi connectivity index (χ0) is 22.5. The van der Waals surface area contributed by atoms with Crippen LogP contribution < -0.4 is 9.47 Å². The minimum Gasteiger partial charge on any atom is -0.497 e. The van der Waals surface area contributed by atoms with Crippen LogP contribution in [0.2, 0.25) is 0 Å². The summed E-state index contributed by atoms with van der Waals surface area (Å²) >= 11 is 0. The number of nitrogens with zero attached hydrogens (tertiary/aromatic N) is 4. The Morgan fingerprint density at radius 1 is 1.09 bits per heavy atom. The Kier molecular flexibility index (Phi) is 6.61. The molecule has 0 radical (unpaired) electrons. The number of hydrogen-bond donors (Lipinski definition) is 0. The molecule has 3 heterocycles. The maximum Gasteiger partial charge on any atom is 0.274 e. The Morgan fingerprint density at radius 3 is 2.66 bits per heavy atom. The molecule has 8 nitrogen and oxygen atoms in total. The van der Waals surface area contributed by atoms with E-state index in [9.17, 15) is 4.79 Å². The summed E-state index contributed by atoms with van der Waals surface area (Å²) in [5, 5.41) is 0. The van der Waals surface area contributed by atoms with Gasteiger partial charge in [-0.15, -0.1) is 0 Å². The van der Waals surface area contributed by atoms with E-state index in [2.05, 4.69) is 15.0 Å². The van der Waals surface area contributed by atoms with Crippen molar-refractivity contribution >= 4 is 5.91 Å². The van der Waals surface area contributed by atoms with Gasteiger partial charge in [0.05, 0.1) is 45.0 Å². The number of hydrogen-bond acceptors (Lipinski definition) is 7. The number of carbonyl (C=O) groups excluding carboxylic acids is 1. The molecule has 32 heavy (non-hydrogen) atoms. The molecular weight excluding hydrogens is 408 g/mol. The number of morpholine rings is 1. The maximum atomic E-state index is 12.8. The van der Waals surface area contributed by atoms with Crippen LogP contribution in [0.4, 0.5) is 0 Å². The lowest BCUT2D eigenvalue weighted by atomic mass is 10.0. The van der Waals surface area contributed by atoms with Gasteiger partial charge in [-0.05, 0) is 36.8 Å². The molecule has 3 aromatic rings. The van der Waals surface area contributed by atoms with Gasteiger partial charge in [0.25, 0.3) is 5.91 Å². The average Bonchev–Trinajstić information content (AvgIpc) is 2.84. The lowest BCUT2D eigenvalue weighted by Crippen LogP contribution is -2.42. The highest BCUT2D eigenvalue weighted by Crippen LogP contribution is 2.27. The first kappa shape index (κ1) is 21.7. The third-order valence-electron chi connectivity index (χ3n) is 5.41. The van der Waals surface area contributed by atoms with Crippen LogP contribution in [0.5, 0.6) is 11.5 Å². The lowest BCUT2D eigenvalue weighted by molar-refractivity contribution is -0.0249. The highest BCUT2D eigenvalue weighted by atomic mass is 16.5. The van der Waals surface area contributed by atoms with Crippen molar-refractivity contribution in [1.29, 1.82) is 0 Å². The highest BCUT2D eigenvalue weighted by Gasteiger charge is 2.27. The molecule has 0 spiro atoms. The molecule has 0 aliphatic carbocycles. The van der Waals surface area contributed by atoms with Gasteiger partial charge < -0.3 is 19.1 Å². The molecule has 166 valence electrons. The molecular formula is C24H26N4O4. The van der Waals surface area contributed by atoms with Gasteiger partial charge in [0.2, 0.25) is 0 Å². The number of ether oxygens (including phenoxy) is 3. The molecule has 1 aromatic carbocycles. The van der Waals surface area contributed by atoms with Crippen LogP contribution in [0, 0.1) is 6.92 Å². The van der Waals surface area contributed by atoms with Crippen molar-refractivity contribution in [2.75, 3.05) is 33.9 Å². The summed E-state index contributed by atoms with van der Waals surface area (Å²) in [6.45, 7) is 3.22. The van der Waals surface area contributed by atoms with E-state index in [4.69, 9.17) is 14.2 Å². The van der Waals surface area contributed by atoms with Gasteiger partial charge in [0.1, 0.15) is 23.3 Å². The van der Waals surface area contributed by atoms with E-state index in [0.29, 0.717) is 31.8 Å². The summed E-state index contributed by atoms with van der Waals surface area (Å²) in [6.07, 6.45) is 5.33. The van der Waals surface area contributed by atoms with Crippen LogP contribution in [-0.4, -0.2) is 59.7 Å². The number of benzene rings is 1. The average molecular weight is 434 g/mol. The molecule has 0 N–H and O–H groups in total. The number of methoxy groups -OCH3 is 2. The molecule has 8 heteroatoms. The van der Waals surface area contributed by atoms with E-state index in [1.165, 1.54) is 6.20 Å². The second-order valence-electron chi connectivity index (χ2n) is 7.60. The van der Waals surface area contributed by atoms with Gasteiger partial charge in [-0.2, -0.15) is 0 Å². The van der Waals surface area contributed by atoms with Crippen LogP contribution in [0.25, 0.3) is 0 Å². The van der Waals surface area contributed by atoms with Crippen molar-refractivity contribution < 1.29 is 19.0 Å². The van der Waals surface area contributed by atoms with Crippen LogP contribution in [0.15, 0.2) is 48.9 Å². The van der Waals surface area contributed by atoms with E-state index in [1.807, 2.05) is 43.5 Å². The van der Waals surface area contributed by atoms with Crippen molar-refractivity contribution in [2.45, 2.75) is 19.4 Å². The monoisotopic (exact) mass is 434 g/mol. The molecule has 1 saturated heterocycles. The summed E-state index contributed by atoms with van der Waals surface area (Å²) in [6, 6.07) is 9.72. The van der Waals surface area contributed by atoms with E-state index < -0.39 is 0 Å². The SMILES string of the molecule is COc1ccc(OC)c(Cc2ccc([C@@H]3CN(C(=O)c4cnc(C)cn4)CCO3)nc2)c1. The van der Waals surface area contributed by atoms with Gasteiger partial charge in [-0.25, -0.2) is 4.98 Å². The standard InChI is InChI=1S/C24H26N4O4/c1-16-12-26-21(14-25-16)24(29)28-8-9-32-23(15-28)20-6-4-17(13-27-20)10-18-11-19(30-2)5-7-22(18)31-3/h4-7,11-14,23H,8-10,15H2,1-3H3/t23-/m0/s1. The summed E-state index contributed by atoms with van der Waals surface area (Å²) in [7, 11) is 3.30. The first-order chi connectivity index (χ1) is 15.6. The fraction of sp³-hybridized carbons (Fsp3) is 0.333.